The van der Waals surface area contributed by atoms with Crippen LogP contribution >= 0.6 is 23.2 Å². The molecule has 0 N–H and O–H groups in total. The van der Waals surface area contributed by atoms with Gasteiger partial charge in [0.15, 0.2) is 0 Å². The van der Waals surface area contributed by atoms with E-state index in [-0.39, 0.29) is 0 Å². The number of ether oxygens (including phenoxy) is 1. The SMILES string of the molecule is CCCc1cc2c(C)c(Cl)cc(OC)c2nc1Cl. The molecule has 0 aliphatic heterocycles. The van der Waals surface area contributed by atoms with Crippen molar-refractivity contribution in [3.8, 4) is 5.75 Å². The number of aryl methyl sites for hydroxylation is 2. The minimum atomic E-state index is 0.546. The van der Waals surface area contributed by atoms with Crippen molar-refractivity contribution in [3.05, 3.63) is 33.4 Å². The summed E-state index contributed by atoms with van der Waals surface area (Å²) < 4.78 is 5.31. The van der Waals surface area contributed by atoms with Crippen LogP contribution in [-0.4, -0.2) is 12.1 Å². The fraction of sp³-hybridized carbons (Fsp3) is 0.357. The zero-order valence-corrected chi connectivity index (χ0v) is 12.2. The van der Waals surface area contributed by atoms with Crippen molar-refractivity contribution in [2.45, 2.75) is 26.7 Å². The zero-order valence-electron chi connectivity index (χ0n) is 10.7. The van der Waals surface area contributed by atoms with Gasteiger partial charge >= 0.3 is 0 Å². The van der Waals surface area contributed by atoms with E-state index in [1.54, 1.807) is 13.2 Å². The van der Waals surface area contributed by atoms with Gasteiger partial charge in [0.25, 0.3) is 0 Å². The van der Waals surface area contributed by atoms with Crippen molar-refractivity contribution in [3.63, 3.8) is 0 Å². The van der Waals surface area contributed by atoms with E-state index in [2.05, 4.69) is 18.0 Å². The molecule has 1 aromatic heterocycles. The van der Waals surface area contributed by atoms with Crippen LogP contribution in [-0.2, 0) is 6.42 Å². The van der Waals surface area contributed by atoms with Crippen LogP contribution in [0.4, 0.5) is 0 Å². The normalized spacial score (nSPS) is 10.9. The van der Waals surface area contributed by atoms with Crippen LogP contribution in [0, 0.1) is 6.92 Å². The summed E-state index contributed by atoms with van der Waals surface area (Å²) in [5.74, 6) is 0.658. The van der Waals surface area contributed by atoms with Gasteiger partial charge in [-0.3, -0.25) is 0 Å². The molecule has 18 heavy (non-hydrogen) atoms. The third-order valence-electron chi connectivity index (χ3n) is 3.04. The lowest BCUT2D eigenvalue weighted by Gasteiger charge is -2.12. The second-order valence-electron chi connectivity index (χ2n) is 4.27. The Hall–Kier alpha value is -0.990. The van der Waals surface area contributed by atoms with E-state index in [4.69, 9.17) is 27.9 Å². The fourth-order valence-corrected chi connectivity index (χ4v) is 2.46. The van der Waals surface area contributed by atoms with Crippen molar-refractivity contribution >= 4 is 34.1 Å². The summed E-state index contributed by atoms with van der Waals surface area (Å²) in [6.45, 7) is 4.10. The van der Waals surface area contributed by atoms with Crippen molar-refractivity contribution in [2.24, 2.45) is 0 Å². The van der Waals surface area contributed by atoms with Gasteiger partial charge in [-0.25, -0.2) is 4.98 Å². The Balaban J connectivity index is 2.78. The first-order valence-electron chi connectivity index (χ1n) is 5.90. The van der Waals surface area contributed by atoms with Crippen molar-refractivity contribution in [1.82, 2.24) is 4.98 Å². The Bertz CT molecular complexity index is 596. The van der Waals surface area contributed by atoms with Crippen LogP contribution in [0.3, 0.4) is 0 Å². The zero-order chi connectivity index (χ0) is 13.3. The number of aromatic nitrogens is 1. The maximum Gasteiger partial charge on any atom is 0.146 e. The van der Waals surface area contributed by atoms with Gasteiger partial charge in [-0.05, 0) is 30.5 Å². The smallest absolute Gasteiger partial charge is 0.146 e. The van der Waals surface area contributed by atoms with E-state index in [0.29, 0.717) is 15.9 Å². The second kappa shape index (κ2) is 5.33. The van der Waals surface area contributed by atoms with Crippen molar-refractivity contribution in [2.75, 3.05) is 7.11 Å². The van der Waals surface area contributed by atoms with Crippen molar-refractivity contribution in [1.29, 1.82) is 0 Å². The molecule has 96 valence electrons. The summed E-state index contributed by atoms with van der Waals surface area (Å²) in [5.41, 5.74) is 2.83. The molecule has 0 unspecified atom stereocenters. The Morgan fingerprint density at radius 2 is 2.00 bits per heavy atom. The standard InChI is InChI=1S/C14H15Cl2NO/c1-4-5-9-6-10-8(2)11(15)7-12(18-3)13(10)17-14(9)16/h6-7H,4-5H2,1-3H3. The number of rotatable bonds is 3. The molecule has 0 aliphatic rings. The largest absolute Gasteiger partial charge is 0.494 e. The van der Waals surface area contributed by atoms with Gasteiger partial charge in [-0.15, -0.1) is 0 Å². The van der Waals surface area contributed by atoms with Gasteiger partial charge < -0.3 is 4.74 Å². The highest BCUT2D eigenvalue weighted by Gasteiger charge is 2.13. The lowest BCUT2D eigenvalue weighted by Crippen LogP contribution is -1.95. The minimum absolute atomic E-state index is 0.546. The molecule has 2 nitrogen and oxygen atoms in total. The molecular formula is C14H15Cl2NO. The second-order valence-corrected chi connectivity index (χ2v) is 5.04. The van der Waals surface area contributed by atoms with Crippen molar-refractivity contribution < 1.29 is 4.74 Å². The highest BCUT2D eigenvalue weighted by atomic mass is 35.5. The molecule has 0 radical (unpaired) electrons. The summed E-state index contributed by atoms with van der Waals surface area (Å²) in [7, 11) is 1.61. The molecule has 0 spiro atoms. The Morgan fingerprint density at radius 3 is 2.61 bits per heavy atom. The molecule has 4 heteroatoms. The molecule has 0 saturated carbocycles. The van der Waals surface area contributed by atoms with E-state index >= 15 is 0 Å². The minimum Gasteiger partial charge on any atom is -0.494 e. The van der Waals surface area contributed by atoms with Gasteiger partial charge in [0.05, 0.1) is 7.11 Å². The van der Waals surface area contributed by atoms with E-state index in [0.717, 1.165) is 34.9 Å². The fourth-order valence-electron chi connectivity index (χ4n) is 2.03. The average molecular weight is 284 g/mol. The first-order chi connectivity index (χ1) is 8.58. The quantitative estimate of drug-likeness (QED) is 0.754. The third kappa shape index (κ3) is 2.27. The molecule has 2 rings (SSSR count). The number of methoxy groups -OCH3 is 1. The van der Waals surface area contributed by atoms with Crippen LogP contribution in [0.5, 0.6) is 5.75 Å². The van der Waals surface area contributed by atoms with Gasteiger partial charge in [0.2, 0.25) is 0 Å². The number of benzene rings is 1. The number of pyridine rings is 1. The van der Waals surface area contributed by atoms with Crippen LogP contribution < -0.4 is 4.74 Å². The maximum atomic E-state index is 6.20. The van der Waals surface area contributed by atoms with Crippen LogP contribution in [0.2, 0.25) is 10.2 Å². The molecule has 0 atom stereocenters. The predicted molar refractivity (Wildman–Crippen MR) is 77.0 cm³/mol. The van der Waals surface area contributed by atoms with Crippen LogP contribution in [0.15, 0.2) is 12.1 Å². The van der Waals surface area contributed by atoms with E-state index in [1.807, 2.05) is 6.92 Å². The monoisotopic (exact) mass is 283 g/mol. The number of hydrogen-bond donors (Lipinski definition) is 0. The highest BCUT2D eigenvalue weighted by molar-refractivity contribution is 6.33. The van der Waals surface area contributed by atoms with E-state index < -0.39 is 0 Å². The topological polar surface area (TPSA) is 22.1 Å². The molecule has 0 amide bonds. The first-order valence-corrected chi connectivity index (χ1v) is 6.66. The third-order valence-corrected chi connectivity index (χ3v) is 3.76. The summed E-state index contributed by atoms with van der Waals surface area (Å²) in [6.07, 6.45) is 1.94. The number of nitrogens with zero attached hydrogens (tertiary/aromatic N) is 1. The first kappa shape index (κ1) is 13.4. The molecule has 1 heterocycles. The Kier molecular flexibility index (Phi) is 3.98. The van der Waals surface area contributed by atoms with Gasteiger partial charge in [0.1, 0.15) is 16.4 Å². The van der Waals surface area contributed by atoms with Gasteiger partial charge in [0, 0.05) is 16.5 Å². The summed E-state index contributed by atoms with van der Waals surface area (Å²) in [4.78, 5) is 4.45. The lowest BCUT2D eigenvalue weighted by atomic mass is 10.0. The summed E-state index contributed by atoms with van der Waals surface area (Å²) in [5, 5.41) is 2.24. The maximum absolute atomic E-state index is 6.20. The van der Waals surface area contributed by atoms with E-state index in [1.165, 1.54) is 0 Å². The molecule has 2 aromatic rings. The molecule has 0 fully saturated rings. The van der Waals surface area contributed by atoms with Gasteiger partial charge in [-0.1, -0.05) is 36.5 Å². The molecule has 1 aromatic carbocycles. The number of halogens is 2. The average Bonchev–Trinajstić information content (AvgIpc) is 2.36. The summed E-state index contributed by atoms with van der Waals surface area (Å²) >= 11 is 12.4. The number of fused-ring (bicyclic) bond motifs is 1. The Morgan fingerprint density at radius 1 is 1.28 bits per heavy atom. The molecule has 0 aliphatic carbocycles. The molecule has 0 saturated heterocycles. The molecule has 0 bridgehead atoms. The van der Waals surface area contributed by atoms with Crippen LogP contribution in [0.25, 0.3) is 10.9 Å². The predicted octanol–water partition coefficient (Wildman–Crippen LogP) is 4.81. The van der Waals surface area contributed by atoms with E-state index in [9.17, 15) is 0 Å². The lowest BCUT2D eigenvalue weighted by molar-refractivity contribution is 0.419. The molecular weight excluding hydrogens is 269 g/mol. The van der Waals surface area contributed by atoms with Crippen LogP contribution in [0.1, 0.15) is 24.5 Å². The number of hydrogen-bond acceptors (Lipinski definition) is 2. The Labute approximate surface area is 117 Å². The van der Waals surface area contributed by atoms with Gasteiger partial charge in [-0.2, -0.15) is 0 Å². The summed E-state index contributed by atoms with van der Waals surface area (Å²) in [6, 6.07) is 3.85. The highest BCUT2D eigenvalue weighted by Crippen LogP contribution is 2.34.